The Kier molecular flexibility index (Phi) is 3.08. The third kappa shape index (κ3) is 1.75. The van der Waals surface area contributed by atoms with Crippen molar-refractivity contribution in [2.45, 2.75) is 30.5 Å². The first kappa shape index (κ1) is 12.1. The molecule has 1 aromatic carbocycles. The van der Waals surface area contributed by atoms with Crippen molar-refractivity contribution in [2.24, 2.45) is 0 Å². The summed E-state index contributed by atoms with van der Waals surface area (Å²) in [4.78, 5) is 11.2. The number of aromatic nitrogens is 1. The highest BCUT2D eigenvalue weighted by Crippen LogP contribution is 2.32. The van der Waals surface area contributed by atoms with Crippen LogP contribution in [0.25, 0.3) is 10.9 Å². The molecule has 1 aromatic heterocycles. The molecule has 18 heavy (non-hydrogen) atoms. The molecule has 0 N–H and O–H groups in total. The predicted octanol–water partition coefficient (Wildman–Crippen LogP) is 3.96. The standard InChI is InChI=1S/C14H13Cl2NO/c15-13(16)14(18)17-11-7-3-1-5-9(11)10-6-2-4-8-12(10)17/h1,3,5,7,13H,2,4,6,8H2. The largest absolute Gasteiger partial charge is 0.282 e. The molecule has 0 aliphatic heterocycles. The van der Waals surface area contributed by atoms with Crippen molar-refractivity contribution in [2.75, 3.05) is 0 Å². The Hall–Kier alpha value is -0.990. The van der Waals surface area contributed by atoms with Gasteiger partial charge in [-0.3, -0.25) is 9.36 Å². The summed E-state index contributed by atoms with van der Waals surface area (Å²) in [6.07, 6.45) is 4.26. The normalized spacial score (nSPS) is 15.1. The van der Waals surface area contributed by atoms with Gasteiger partial charge in [0.25, 0.3) is 5.91 Å². The number of halogens is 2. The molecule has 0 fully saturated rings. The number of aryl methyl sites for hydroxylation is 1. The van der Waals surface area contributed by atoms with E-state index in [1.807, 2.05) is 18.2 Å². The van der Waals surface area contributed by atoms with Crippen molar-refractivity contribution in [1.29, 1.82) is 0 Å². The van der Waals surface area contributed by atoms with Gasteiger partial charge in [-0.2, -0.15) is 0 Å². The number of para-hydroxylation sites is 1. The van der Waals surface area contributed by atoms with Gasteiger partial charge in [-0.15, -0.1) is 0 Å². The number of carbonyl (C=O) groups excluding carboxylic acids is 1. The molecule has 0 bridgehead atoms. The average molecular weight is 282 g/mol. The lowest BCUT2D eigenvalue weighted by molar-refractivity contribution is 0.0931. The van der Waals surface area contributed by atoms with Gasteiger partial charge >= 0.3 is 0 Å². The van der Waals surface area contributed by atoms with Crippen molar-refractivity contribution in [3.05, 3.63) is 35.5 Å². The third-order valence-electron chi connectivity index (χ3n) is 3.59. The number of hydrogen-bond donors (Lipinski definition) is 0. The molecule has 0 atom stereocenters. The fourth-order valence-corrected chi connectivity index (χ4v) is 3.04. The van der Waals surface area contributed by atoms with Crippen LogP contribution in [0.5, 0.6) is 0 Å². The minimum absolute atomic E-state index is 0.238. The van der Waals surface area contributed by atoms with E-state index in [2.05, 4.69) is 6.07 Å². The molecular formula is C14H13Cl2NO. The number of alkyl halides is 2. The maximum Gasteiger partial charge on any atom is 0.264 e. The average Bonchev–Trinajstić information content (AvgIpc) is 2.72. The molecule has 0 saturated carbocycles. The van der Waals surface area contributed by atoms with E-state index in [1.54, 1.807) is 4.57 Å². The molecule has 0 radical (unpaired) electrons. The quantitative estimate of drug-likeness (QED) is 0.725. The summed E-state index contributed by atoms with van der Waals surface area (Å²) >= 11 is 11.5. The van der Waals surface area contributed by atoms with Crippen LogP contribution in [0.4, 0.5) is 0 Å². The third-order valence-corrected chi connectivity index (χ3v) is 3.96. The Bertz CT molecular complexity index is 616. The molecule has 94 valence electrons. The second kappa shape index (κ2) is 4.60. The number of hydrogen-bond acceptors (Lipinski definition) is 1. The van der Waals surface area contributed by atoms with Crippen LogP contribution in [0.2, 0.25) is 0 Å². The Morgan fingerprint density at radius 3 is 2.67 bits per heavy atom. The lowest BCUT2D eigenvalue weighted by atomic mass is 9.96. The first-order valence-corrected chi connectivity index (χ1v) is 7.01. The molecule has 1 aliphatic carbocycles. The van der Waals surface area contributed by atoms with Gasteiger partial charge in [0.1, 0.15) is 0 Å². The monoisotopic (exact) mass is 281 g/mol. The van der Waals surface area contributed by atoms with Crippen molar-refractivity contribution >= 4 is 40.0 Å². The number of benzene rings is 1. The molecule has 2 nitrogen and oxygen atoms in total. The van der Waals surface area contributed by atoms with Gasteiger partial charge in [0.15, 0.2) is 4.84 Å². The van der Waals surface area contributed by atoms with Crippen LogP contribution in [-0.2, 0) is 12.8 Å². The maximum absolute atomic E-state index is 12.2. The van der Waals surface area contributed by atoms with Crippen LogP contribution in [0.1, 0.15) is 28.9 Å². The number of fused-ring (bicyclic) bond motifs is 3. The summed E-state index contributed by atoms with van der Waals surface area (Å²) in [5, 5.41) is 1.16. The second-order valence-corrected chi connectivity index (χ2v) is 5.72. The van der Waals surface area contributed by atoms with E-state index in [0.717, 1.165) is 35.9 Å². The lowest BCUT2D eigenvalue weighted by Gasteiger charge is -2.15. The van der Waals surface area contributed by atoms with E-state index in [-0.39, 0.29) is 5.91 Å². The molecule has 0 amide bonds. The molecule has 1 heterocycles. The lowest BCUT2D eigenvalue weighted by Crippen LogP contribution is -2.21. The molecule has 0 unspecified atom stereocenters. The fourth-order valence-electron chi connectivity index (χ4n) is 2.84. The Labute approximate surface area is 115 Å². The number of rotatable bonds is 1. The van der Waals surface area contributed by atoms with Crippen molar-refractivity contribution in [3.63, 3.8) is 0 Å². The highest BCUT2D eigenvalue weighted by molar-refractivity contribution is 6.53. The molecule has 2 aromatic rings. The summed E-state index contributed by atoms with van der Waals surface area (Å²) in [5.41, 5.74) is 3.32. The van der Waals surface area contributed by atoms with Crippen molar-refractivity contribution in [3.8, 4) is 0 Å². The molecule has 4 heteroatoms. The zero-order valence-electron chi connectivity index (χ0n) is 9.83. The van der Waals surface area contributed by atoms with Gasteiger partial charge in [-0.1, -0.05) is 41.4 Å². The SMILES string of the molecule is O=C(C(Cl)Cl)n1c2c(c3ccccc31)CCCC2. The Morgan fingerprint density at radius 1 is 1.17 bits per heavy atom. The topological polar surface area (TPSA) is 22.0 Å². The molecule has 0 spiro atoms. The van der Waals surface area contributed by atoms with E-state index >= 15 is 0 Å². The van der Waals surface area contributed by atoms with Crippen LogP contribution in [0.3, 0.4) is 0 Å². The highest BCUT2D eigenvalue weighted by Gasteiger charge is 2.25. The second-order valence-electron chi connectivity index (χ2n) is 4.62. The Morgan fingerprint density at radius 2 is 1.89 bits per heavy atom. The first-order valence-electron chi connectivity index (χ1n) is 6.13. The number of carbonyl (C=O) groups is 1. The van der Waals surface area contributed by atoms with Crippen LogP contribution < -0.4 is 0 Å². The molecule has 3 rings (SSSR count). The highest BCUT2D eigenvalue weighted by atomic mass is 35.5. The van der Waals surface area contributed by atoms with Gasteiger partial charge in [-0.25, -0.2) is 0 Å². The smallest absolute Gasteiger partial charge is 0.264 e. The molecule has 1 aliphatic rings. The van der Waals surface area contributed by atoms with Gasteiger partial charge in [0.05, 0.1) is 5.52 Å². The van der Waals surface area contributed by atoms with E-state index in [9.17, 15) is 4.79 Å². The van der Waals surface area contributed by atoms with Crippen LogP contribution in [-0.4, -0.2) is 15.3 Å². The minimum atomic E-state index is -1.01. The summed E-state index contributed by atoms with van der Waals surface area (Å²) in [6, 6.07) is 7.97. The molecular weight excluding hydrogens is 269 g/mol. The van der Waals surface area contributed by atoms with E-state index in [4.69, 9.17) is 23.2 Å². The first-order chi connectivity index (χ1) is 8.70. The van der Waals surface area contributed by atoms with E-state index < -0.39 is 4.84 Å². The van der Waals surface area contributed by atoms with Crippen molar-refractivity contribution < 1.29 is 4.79 Å². The van der Waals surface area contributed by atoms with E-state index in [0.29, 0.717) is 0 Å². The Balaban J connectivity index is 2.32. The van der Waals surface area contributed by atoms with E-state index in [1.165, 1.54) is 12.0 Å². The van der Waals surface area contributed by atoms with Gasteiger partial charge in [0, 0.05) is 11.1 Å². The van der Waals surface area contributed by atoms with Crippen LogP contribution in [0, 0.1) is 0 Å². The van der Waals surface area contributed by atoms with Crippen LogP contribution in [0.15, 0.2) is 24.3 Å². The van der Waals surface area contributed by atoms with Gasteiger partial charge in [0.2, 0.25) is 0 Å². The summed E-state index contributed by atoms with van der Waals surface area (Å²) in [5.74, 6) is -0.238. The van der Waals surface area contributed by atoms with Crippen molar-refractivity contribution in [1.82, 2.24) is 4.57 Å². The minimum Gasteiger partial charge on any atom is -0.282 e. The zero-order valence-corrected chi connectivity index (χ0v) is 11.3. The summed E-state index contributed by atoms with van der Waals surface area (Å²) in [7, 11) is 0. The predicted molar refractivity (Wildman–Crippen MR) is 74.7 cm³/mol. The number of nitrogens with zero attached hydrogens (tertiary/aromatic N) is 1. The fraction of sp³-hybridized carbons (Fsp3) is 0.357. The zero-order chi connectivity index (χ0) is 12.7. The van der Waals surface area contributed by atoms with Gasteiger partial charge < -0.3 is 0 Å². The van der Waals surface area contributed by atoms with Crippen LogP contribution >= 0.6 is 23.2 Å². The summed E-state index contributed by atoms with van der Waals surface area (Å²) in [6.45, 7) is 0. The summed E-state index contributed by atoms with van der Waals surface area (Å²) < 4.78 is 1.72. The molecule has 0 saturated heterocycles. The maximum atomic E-state index is 12.2. The van der Waals surface area contributed by atoms with Gasteiger partial charge in [-0.05, 0) is 37.3 Å².